The molecule has 0 bridgehead atoms. The molecule has 2 N–H and O–H groups in total. The molecule has 0 fully saturated rings. The van der Waals surface area contributed by atoms with Gasteiger partial charge in [0, 0.05) is 0 Å². The maximum atomic E-state index is 6.27. The van der Waals surface area contributed by atoms with E-state index >= 15 is 0 Å². The first kappa shape index (κ1) is 16.9. The maximum absolute atomic E-state index is 6.27. The van der Waals surface area contributed by atoms with Crippen molar-refractivity contribution >= 4 is 35.7 Å². The predicted molar refractivity (Wildman–Crippen MR) is 94.9 cm³/mol. The molecule has 7 nitrogen and oxygen atoms in total. The van der Waals surface area contributed by atoms with Crippen molar-refractivity contribution in [1.29, 1.82) is 0 Å². The van der Waals surface area contributed by atoms with Gasteiger partial charge in [-0.3, -0.25) is 4.57 Å². The fourth-order valence-electron chi connectivity index (χ4n) is 2.15. The number of hydrogen-bond acceptors (Lipinski definition) is 6. The van der Waals surface area contributed by atoms with Crippen molar-refractivity contribution in [1.82, 2.24) is 19.5 Å². The smallest absolute Gasteiger partial charge is 0.209 e. The second kappa shape index (κ2) is 6.89. The molecule has 0 amide bonds. The van der Waals surface area contributed by atoms with E-state index in [1.54, 1.807) is 10.9 Å². The lowest BCUT2D eigenvalue weighted by Gasteiger charge is -2.28. The van der Waals surface area contributed by atoms with Gasteiger partial charge >= 0.3 is 0 Å². The Hall–Kier alpha value is -1.95. The Morgan fingerprint density at radius 1 is 1.21 bits per heavy atom. The van der Waals surface area contributed by atoms with Crippen molar-refractivity contribution in [2.75, 3.05) is 12.1 Å². The molecule has 1 unspecified atom stereocenters. The summed E-state index contributed by atoms with van der Waals surface area (Å²) in [4.78, 5) is 12.4. The number of nitrogens with two attached hydrogens (primary N) is 1. The number of aromatic nitrogens is 4. The normalized spacial score (nSPS) is 13.1. The van der Waals surface area contributed by atoms with Crippen LogP contribution in [0.3, 0.4) is 0 Å². The molecule has 0 aliphatic rings. The number of fused-ring (bicyclic) bond motifs is 1. The molecular weight excluding hydrogens is 349 g/mol. The first-order valence-electron chi connectivity index (χ1n) is 7.21. The number of para-hydroxylation sites is 1. The van der Waals surface area contributed by atoms with Crippen molar-refractivity contribution in [2.24, 2.45) is 0 Å². The molecule has 24 heavy (non-hydrogen) atoms. The Morgan fingerprint density at radius 2 is 1.96 bits per heavy atom. The zero-order valence-corrected chi connectivity index (χ0v) is 14.9. The van der Waals surface area contributed by atoms with E-state index in [-0.39, 0.29) is 6.35 Å². The average molecular weight is 366 g/mol. The highest BCUT2D eigenvalue weighted by Crippen LogP contribution is 2.44. The lowest BCUT2D eigenvalue weighted by atomic mass is 10.3. The van der Waals surface area contributed by atoms with Crippen molar-refractivity contribution in [2.45, 2.75) is 19.6 Å². The standard InChI is InChI=1S/C15H17ClN5O2P/c1-15(2,21-9-20-12-13(17)18-8-19-14(12)21)22-10-24(16)23-11-6-4-3-5-7-11/h3-9H,10H2,1-2H3,(H2,17,18,19). The molecule has 0 aliphatic carbocycles. The van der Waals surface area contributed by atoms with Crippen molar-refractivity contribution in [3.05, 3.63) is 43.0 Å². The van der Waals surface area contributed by atoms with E-state index in [4.69, 9.17) is 26.2 Å². The van der Waals surface area contributed by atoms with E-state index in [1.807, 2.05) is 44.2 Å². The van der Waals surface area contributed by atoms with Crippen LogP contribution in [0.25, 0.3) is 11.2 Å². The molecule has 0 spiro atoms. The Morgan fingerprint density at radius 3 is 2.71 bits per heavy atom. The lowest BCUT2D eigenvalue weighted by Crippen LogP contribution is -2.29. The van der Waals surface area contributed by atoms with E-state index < -0.39 is 13.2 Å². The van der Waals surface area contributed by atoms with Crippen LogP contribution < -0.4 is 10.3 Å². The summed E-state index contributed by atoms with van der Waals surface area (Å²) in [7, 11) is -1.29. The summed E-state index contributed by atoms with van der Waals surface area (Å²) in [5.41, 5.74) is 6.25. The molecule has 0 aliphatic heterocycles. The van der Waals surface area contributed by atoms with Crippen LogP contribution in [0.5, 0.6) is 5.75 Å². The third kappa shape index (κ3) is 3.59. The summed E-state index contributed by atoms with van der Waals surface area (Å²) in [5, 5.41) is 0. The minimum absolute atomic E-state index is 0.249. The van der Waals surface area contributed by atoms with Crippen LogP contribution in [0, 0.1) is 0 Å². The van der Waals surface area contributed by atoms with Crippen LogP contribution >= 0.6 is 18.7 Å². The molecule has 2 heterocycles. The van der Waals surface area contributed by atoms with E-state index in [2.05, 4.69) is 15.0 Å². The second-order valence-corrected chi connectivity index (χ2v) is 7.70. The molecule has 0 radical (unpaired) electrons. The minimum Gasteiger partial charge on any atom is -0.455 e. The molecule has 2 aromatic heterocycles. The highest BCUT2D eigenvalue weighted by molar-refractivity contribution is 7.80. The quantitative estimate of drug-likeness (QED) is 0.670. The molecule has 1 atom stereocenters. The van der Waals surface area contributed by atoms with Crippen LogP contribution in [0.4, 0.5) is 5.82 Å². The van der Waals surface area contributed by atoms with Gasteiger partial charge in [-0.1, -0.05) is 18.2 Å². The minimum atomic E-state index is -1.29. The number of nitrogens with zero attached hydrogens (tertiary/aromatic N) is 4. The van der Waals surface area contributed by atoms with Crippen LogP contribution in [0.1, 0.15) is 13.8 Å². The summed E-state index contributed by atoms with van der Waals surface area (Å²) in [6.45, 7) is 3.80. The van der Waals surface area contributed by atoms with Gasteiger partial charge in [-0.2, -0.15) is 0 Å². The van der Waals surface area contributed by atoms with Crippen LogP contribution in [-0.4, -0.2) is 25.9 Å². The highest BCUT2D eigenvalue weighted by Gasteiger charge is 2.26. The summed E-state index contributed by atoms with van der Waals surface area (Å²) >= 11 is 6.27. The Bertz CT molecular complexity index is 827. The molecule has 0 saturated heterocycles. The third-order valence-electron chi connectivity index (χ3n) is 3.41. The first-order chi connectivity index (χ1) is 11.5. The Kier molecular flexibility index (Phi) is 4.85. The zero-order chi connectivity index (χ0) is 17.2. The van der Waals surface area contributed by atoms with Gasteiger partial charge in [0.1, 0.15) is 29.7 Å². The number of halogens is 1. The fourth-order valence-corrected chi connectivity index (χ4v) is 3.35. The Labute approximate surface area is 145 Å². The largest absolute Gasteiger partial charge is 0.455 e. The summed E-state index contributed by atoms with van der Waals surface area (Å²) < 4.78 is 13.4. The van der Waals surface area contributed by atoms with Gasteiger partial charge in [-0.05, 0) is 37.2 Å². The average Bonchev–Trinajstić information content (AvgIpc) is 3.00. The first-order valence-corrected chi connectivity index (χ1v) is 9.56. The molecule has 9 heteroatoms. The van der Waals surface area contributed by atoms with E-state index in [9.17, 15) is 0 Å². The SMILES string of the molecule is CC(C)(OCP(Cl)Oc1ccccc1)n1cnc2c(N)ncnc21. The van der Waals surface area contributed by atoms with Gasteiger partial charge in [-0.25, -0.2) is 15.0 Å². The van der Waals surface area contributed by atoms with E-state index in [0.29, 0.717) is 22.7 Å². The summed E-state index contributed by atoms with van der Waals surface area (Å²) in [5.74, 6) is 1.05. The van der Waals surface area contributed by atoms with Gasteiger partial charge < -0.3 is 15.0 Å². The van der Waals surface area contributed by atoms with Crippen LogP contribution in [0.2, 0.25) is 0 Å². The fraction of sp³-hybridized carbons (Fsp3) is 0.267. The van der Waals surface area contributed by atoms with Crippen LogP contribution in [0.15, 0.2) is 43.0 Å². The van der Waals surface area contributed by atoms with Crippen molar-refractivity contribution in [3.63, 3.8) is 0 Å². The molecule has 1 aromatic carbocycles. The number of nitrogen functional groups attached to an aromatic ring is 1. The van der Waals surface area contributed by atoms with Crippen molar-refractivity contribution < 1.29 is 9.26 Å². The number of imidazole rings is 1. The number of anilines is 1. The second-order valence-electron chi connectivity index (χ2n) is 5.49. The summed E-state index contributed by atoms with van der Waals surface area (Å²) in [6, 6.07) is 9.41. The topological polar surface area (TPSA) is 88.1 Å². The predicted octanol–water partition coefficient (Wildman–Crippen LogP) is 3.70. The molecule has 3 rings (SSSR count). The zero-order valence-electron chi connectivity index (χ0n) is 13.3. The maximum Gasteiger partial charge on any atom is 0.209 e. The van der Waals surface area contributed by atoms with Crippen LogP contribution in [-0.2, 0) is 10.5 Å². The highest BCUT2D eigenvalue weighted by atomic mass is 35.7. The number of hydrogen-bond donors (Lipinski definition) is 1. The number of benzene rings is 1. The van der Waals surface area contributed by atoms with E-state index in [0.717, 1.165) is 0 Å². The van der Waals surface area contributed by atoms with Gasteiger partial charge in [0.05, 0.1) is 6.33 Å². The van der Waals surface area contributed by atoms with Gasteiger partial charge in [0.15, 0.2) is 11.5 Å². The molecule has 3 aromatic rings. The lowest BCUT2D eigenvalue weighted by molar-refractivity contribution is -0.0535. The van der Waals surface area contributed by atoms with Gasteiger partial charge in [0.25, 0.3) is 0 Å². The van der Waals surface area contributed by atoms with Gasteiger partial charge in [0.2, 0.25) is 7.50 Å². The van der Waals surface area contributed by atoms with E-state index in [1.165, 1.54) is 6.33 Å². The van der Waals surface area contributed by atoms with Gasteiger partial charge in [-0.15, -0.1) is 0 Å². The summed E-state index contributed by atoms with van der Waals surface area (Å²) in [6.07, 6.45) is 3.28. The number of ether oxygens (including phenoxy) is 1. The number of rotatable bonds is 6. The monoisotopic (exact) mass is 365 g/mol. The Balaban J connectivity index is 1.70. The van der Waals surface area contributed by atoms with Crippen molar-refractivity contribution in [3.8, 4) is 5.75 Å². The third-order valence-corrected chi connectivity index (χ3v) is 4.65. The molecular formula is C15H17ClN5O2P. The molecule has 126 valence electrons. The molecule has 0 saturated carbocycles.